The maximum absolute atomic E-state index is 12.7. The molecule has 2 heterocycles. The van der Waals surface area contributed by atoms with E-state index < -0.39 is 0 Å². The normalized spacial score (nSPS) is 17.0. The number of anilines is 1. The van der Waals surface area contributed by atoms with Crippen LogP contribution in [0.3, 0.4) is 0 Å². The number of nitrogens with zero attached hydrogens (tertiary/aromatic N) is 3. The van der Waals surface area contributed by atoms with Gasteiger partial charge in [-0.1, -0.05) is 12.1 Å². The third-order valence-corrected chi connectivity index (χ3v) is 5.08. The van der Waals surface area contributed by atoms with Crippen LogP contribution in [-0.2, 0) is 16.1 Å². The van der Waals surface area contributed by atoms with Crippen molar-refractivity contribution in [3.05, 3.63) is 54.4 Å². The van der Waals surface area contributed by atoms with E-state index in [1.807, 2.05) is 47.4 Å². The van der Waals surface area contributed by atoms with Crippen molar-refractivity contribution in [2.75, 3.05) is 32.3 Å². The Bertz CT molecular complexity index is 949. The topological polar surface area (TPSA) is 56.6 Å². The Kier molecular flexibility index (Phi) is 4.81. The predicted octanol–water partition coefficient (Wildman–Crippen LogP) is 3.21. The van der Waals surface area contributed by atoms with Crippen molar-refractivity contribution >= 4 is 22.6 Å². The van der Waals surface area contributed by atoms with E-state index in [2.05, 4.69) is 10.6 Å². The van der Waals surface area contributed by atoms with Crippen LogP contribution < -0.4 is 9.64 Å². The first-order valence-electron chi connectivity index (χ1n) is 9.09. The number of hydrogen-bond acceptors (Lipinski definition) is 4. The van der Waals surface area contributed by atoms with Gasteiger partial charge in [0.2, 0.25) is 5.91 Å². The lowest BCUT2D eigenvalue weighted by Crippen LogP contribution is -2.24. The van der Waals surface area contributed by atoms with Crippen LogP contribution in [0.25, 0.3) is 11.0 Å². The van der Waals surface area contributed by atoms with Crippen molar-refractivity contribution in [2.24, 2.45) is 0 Å². The highest BCUT2D eigenvalue weighted by atomic mass is 16.5. The number of methoxy groups -OCH3 is 2. The van der Waals surface area contributed by atoms with Gasteiger partial charge in [-0.05, 0) is 36.4 Å². The number of aromatic nitrogens is 2. The number of ether oxygens (including phenoxy) is 2. The highest BCUT2D eigenvalue weighted by molar-refractivity contribution is 5.96. The quantitative estimate of drug-likeness (QED) is 0.673. The zero-order chi connectivity index (χ0) is 18.8. The van der Waals surface area contributed by atoms with Crippen molar-refractivity contribution in [2.45, 2.75) is 18.9 Å². The minimum absolute atomic E-state index is 0.0591. The fourth-order valence-electron chi connectivity index (χ4n) is 3.72. The number of amides is 1. The van der Waals surface area contributed by atoms with Gasteiger partial charge in [0.15, 0.2) is 0 Å². The van der Waals surface area contributed by atoms with E-state index in [4.69, 9.17) is 14.5 Å². The van der Waals surface area contributed by atoms with Crippen LogP contribution in [0.2, 0.25) is 0 Å². The minimum atomic E-state index is 0.0591. The van der Waals surface area contributed by atoms with E-state index in [1.54, 1.807) is 14.2 Å². The molecule has 1 fully saturated rings. The number of fused-ring (bicyclic) bond motifs is 1. The van der Waals surface area contributed by atoms with Gasteiger partial charge in [0.1, 0.15) is 11.6 Å². The van der Waals surface area contributed by atoms with Gasteiger partial charge in [0, 0.05) is 38.2 Å². The molecular weight excluding hydrogens is 342 g/mol. The summed E-state index contributed by atoms with van der Waals surface area (Å²) in [6.07, 6.45) is 0.461. The van der Waals surface area contributed by atoms with Crippen molar-refractivity contribution in [1.82, 2.24) is 9.55 Å². The molecule has 0 bridgehead atoms. The molecule has 1 amide bonds. The summed E-state index contributed by atoms with van der Waals surface area (Å²) < 4.78 is 12.7. The van der Waals surface area contributed by atoms with Gasteiger partial charge in [-0.3, -0.25) is 4.79 Å². The molecule has 1 atom stereocenters. The number of carbonyl (C=O) groups is 1. The molecule has 0 radical (unpaired) electrons. The molecular formula is C21H23N3O3. The summed E-state index contributed by atoms with van der Waals surface area (Å²) in [5, 5.41) is 0. The highest BCUT2D eigenvalue weighted by Gasteiger charge is 2.34. The first kappa shape index (κ1) is 17.5. The van der Waals surface area contributed by atoms with E-state index in [0.717, 1.165) is 34.8 Å². The average Bonchev–Trinajstić information content (AvgIpc) is 3.27. The third-order valence-electron chi connectivity index (χ3n) is 5.08. The summed E-state index contributed by atoms with van der Waals surface area (Å²) >= 11 is 0. The molecule has 1 aromatic heterocycles. The van der Waals surface area contributed by atoms with Gasteiger partial charge in [-0.2, -0.15) is 0 Å². The molecule has 0 aliphatic carbocycles. The predicted molar refractivity (Wildman–Crippen MR) is 104 cm³/mol. The molecule has 1 saturated heterocycles. The van der Waals surface area contributed by atoms with Gasteiger partial charge in [0.25, 0.3) is 0 Å². The first-order valence-corrected chi connectivity index (χ1v) is 9.09. The number of rotatable bonds is 6. The average molecular weight is 365 g/mol. The molecule has 0 spiro atoms. The van der Waals surface area contributed by atoms with Crippen LogP contribution >= 0.6 is 0 Å². The number of para-hydroxylation sites is 2. The van der Waals surface area contributed by atoms with Gasteiger partial charge >= 0.3 is 0 Å². The Balaban J connectivity index is 1.65. The zero-order valence-corrected chi connectivity index (χ0v) is 15.6. The summed E-state index contributed by atoms with van der Waals surface area (Å²) in [5.74, 6) is 1.92. The molecule has 6 heteroatoms. The van der Waals surface area contributed by atoms with Crippen molar-refractivity contribution in [3.63, 3.8) is 0 Å². The number of benzene rings is 2. The Morgan fingerprint density at radius 1 is 1.11 bits per heavy atom. The second kappa shape index (κ2) is 7.40. The standard InChI is InChI=1S/C21H23N3O3/c1-26-12-11-23-19-6-4-3-5-18(19)22-21(23)15-13-20(25)24(14-15)16-7-9-17(27-2)10-8-16/h3-10,15H,11-14H2,1-2H3/t15-/m1/s1. The number of carbonyl (C=O) groups excluding carboxylic acids is 1. The third kappa shape index (κ3) is 3.28. The Hall–Kier alpha value is -2.86. The SMILES string of the molecule is COCCn1c([C@@H]2CC(=O)N(c3ccc(OC)cc3)C2)nc2ccccc21. The van der Waals surface area contributed by atoms with Gasteiger partial charge in [-0.25, -0.2) is 4.98 Å². The van der Waals surface area contributed by atoms with Crippen LogP contribution in [0, 0.1) is 0 Å². The van der Waals surface area contributed by atoms with Crippen LogP contribution in [0.4, 0.5) is 5.69 Å². The van der Waals surface area contributed by atoms with Gasteiger partial charge in [-0.15, -0.1) is 0 Å². The maximum atomic E-state index is 12.7. The molecule has 1 aliphatic heterocycles. The Morgan fingerprint density at radius 2 is 1.89 bits per heavy atom. The summed E-state index contributed by atoms with van der Waals surface area (Å²) in [5.41, 5.74) is 2.93. The van der Waals surface area contributed by atoms with E-state index in [9.17, 15) is 4.79 Å². The Labute approximate surface area is 158 Å². The fraction of sp³-hybridized carbons (Fsp3) is 0.333. The van der Waals surface area contributed by atoms with Crippen LogP contribution in [-0.4, -0.2) is 42.8 Å². The molecule has 4 rings (SSSR count). The van der Waals surface area contributed by atoms with Crippen molar-refractivity contribution in [1.29, 1.82) is 0 Å². The second-order valence-electron chi connectivity index (χ2n) is 6.71. The van der Waals surface area contributed by atoms with Crippen LogP contribution in [0.5, 0.6) is 5.75 Å². The zero-order valence-electron chi connectivity index (χ0n) is 15.6. The largest absolute Gasteiger partial charge is 0.497 e. The summed E-state index contributed by atoms with van der Waals surface area (Å²) in [6, 6.07) is 15.7. The molecule has 140 valence electrons. The van der Waals surface area contributed by atoms with Crippen molar-refractivity contribution < 1.29 is 14.3 Å². The van der Waals surface area contributed by atoms with Crippen LogP contribution in [0.1, 0.15) is 18.2 Å². The Morgan fingerprint density at radius 3 is 2.63 bits per heavy atom. The lowest BCUT2D eigenvalue weighted by molar-refractivity contribution is -0.117. The monoisotopic (exact) mass is 365 g/mol. The fourth-order valence-corrected chi connectivity index (χ4v) is 3.72. The van der Waals surface area contributed by atoms with Gasteiger partial charge in [0.05, 0.1) is 24.8 Å². The van der Waals surface area contributed by atoms with Crippen molar-refractivity contribution in [3.8, 4) is 5.75 Å². The molecule has 6 nitrogen and oxygen atoms in total. The lowest BCUT2D eigenvalue weighted by atomic mass is 10.1. The lowest BCUT2D eigenvalue weighted by Gasteiger charge is -2.17. The minimum Gasteiger partial charge on any atom is -0.497 e. The van der Waals surface area contributed by atoms with E-state index in [-0.39, 0.29) is 11.8 Å². The molecule has 0 saturated carbocycles. The molecule has 1 aliphatic rings. The highest BCUT2D eigenvalue weighted by Crippen LogP contribution is 2.33. The van der Waals surface area contributed by atoms with Crippen LogP contribution in [0.15, 0.2) is 48.5 Å². The number of imidazole rings is 1. The molecule has 2 aromatic carbocycles. The summed E-state index contributed by atoms with van der Waals surface area (Å²) in [4.78, 5) is 19.4. The molecule has 0 unspecified atom stereocenters. The van der Waals surface area contributed by atoms with E-state index in [0.29, 0.717) is 19.6 Å². The second-order valence-corrected chi connectivity index (χ2v) is 6.71. The molecule has 3 aromatic rings. The molecule has 0 N–H and O–H groups in total. The van der Waals surface area contributed by atoms with E-state index in [1.165, 1.54) is 0 Å². The first-order chi connectivity index (χ1) is 13.2. The summed E-state index contributed by atoms with van der Waals surface area (Å²) in [6.45, 7) is 1.96. The number of hydrogen-bond donors (Lipinski definition) is 0. The molecule has 27 heavy (non-hydrogen) atoms. The maximum Gasteiger partial charge on any atom is 0.227 e. The van der Waals surface area contributed by atoms with Gasteiger partial charge < -0.3 is 18.9 Å². The smallest absolute Gasteiger partial charge is 0.227 e. The van der Waals surface area contributed by atoms with E-state index >= 15 is 0 Å². The summed E-state index contributed by atoms with van der Waals surface area (Å²) in [7, 11) is 3.33.